The van der Waals surface area contributed by atoms with Gasteiger partial charge in [-0.05, 0) is 49.5 Å². The van der Waals surface area contributed by atoms with E-state index in [0.29, 0.717) is 28.0 Å². The SMILES string of the molecule is COc1ncc(-c2oc(C)nc2C2=C(n3cc(C(F)(F)F)nc3C)CCC(C3=CC(F)=C(CO)C(S(C)(=O)=O)C3)=C2)cn1. The van der Waals surface area contributed by atoms with Gasteiger partial charge in [-0.2, -0.15) is 13.2 Å². The minimum absolute atomic E-state index is 0.0850. The summed E-state index contributed by atoms with van der Waals surface area (Å²) in [6.45, 7) is 2.29. The average molecular weight is 622 g/mol. The molecule has 2 aliphatic carbocycles. The van der Waals surface area contributed by atoms with Crippen molar-refractivity contribution < 1.29 is 40.2 Å². The van der Waals surface area contributed by atoms with Crippen LogP contribution in [0, 0.1) is 13.8 Å². The number of rotatable bonds is 7. The van der Waals surface area contributed by atoms with Gasteiger partial charge in [-0.15, -0.1) is 0 Å². The lowest BCUT2D eigenvalue weighted by molar-refractivity contribution is -0.141. The Morgan fingerprint density at radius 3 is 2.40 bits per heavy atom. The number of aliphatic hydroxyl groups is 1. The molecule has 0 spiro atoms. The number of ether oxygens (including phenoxy) is 1. The van der Waals surface area contributed by atoms with Gasteiger partial charge in [-0.3, -0.25) is 0 Å². The number of aryl methyl sites for hydroxylation is 2. The molecule has 0 aromatic carbocycles. The van der Waals surface area contributed by atoms with Crippen molar-refractivity contribution in [3.8, 4) is 17.3 Å². The van der Waals surface area contributed by atoms with Gasteiger partial charge in [0.2, 0.25) is 0 Å². The molecule has 0 saturated carbocycles. The molecule has 0 saturated heterocycles. The third kappa shape index (κ3) is 5.91. The predicted molar refractivity (Wildman–Crippen MR) is 148 cm³/mol. The second-order valence-corrected chi connectivity index (χ2v) is 12.4. The van der Waals surface area contributed by atoms with Crippen molar-refractivity contribution in [3.05, 3.63) is 76.4 Å². The fourth-order valence-electron chi connectivity index (χ4n) is 5.24. The third-order valence-electron chi connectivity index (χ3n) is 7.29. The summed E-state index contributed by atoms with van der Waals surface area (Å²) in [5.41, 5.74) is 1.13. The van der Waals surface area contributed by atoms with Crippen LogP contribution in [-0.4, -0.2) is 63.2 Å². The van der Waals surface area contributed by atoms with Gasteiger partial charge in [0.05, 0.1) is 24.5 Å². The van der Waals surface area contributed by atoms with Crippen LogP contribution in [0.4, 0.5) is 17.6 Å². The Bertz CT molecular complexity index is 1820. The lowest BCUT2D eigenvalue weighted by Gasteiger charge is -2.28. The molecule has 15 heteroatoms. The molecule has 0 amide bonds. The van der Waals surface area contributed by atoms with Crippen molar-refractivity contribution in [2.75, 3.05) is 20.0 Å². The number of hydrogen-bond acceptors (Lipinski definition) is 9. The van der Waals surface area contributed by atoms with E-state index in [-0.39, 0.29) is 54.0 Å². The van der Waals surface area contributed by atoms with Gasteiger partial charge < -0.3 is 18.8 Å². The Morgan fingerprint density at radius 2 is 1.81 bits per heavy atom. The van der Waals surface area contributed by atoms with E-state index in [1.807, 2.05) is 0 Å². The highest BCUT2D eigenvalue weighted by Crippen LogP contribution is 2.43. The van der Waals surface area contributed by atoms with Gasteiger partial charge in [-0.1, -0.05) is 0 Å². The van der Waals surface area contributed by atoms with Crippen LogP contribution in [0.5, 0.6) is 6.01 Å². The molecule has 3 aromatic rings. The maximum Gasteiger partial charge on any atom is 0.434 e. The van der Waals surface area contributed by atoms with Crippen molar-refractivity contribution in [2.24, 2.45) is 0 Å². The Morgan fingerprint density at radius 1 is 1.12 bits per heavy atom. The lowest BCUT2D eigenvalue weighted by Crippen LogP contribution is -2.28. The number of alkyl halides is 3. The first-order valence-corrected chi connectivity index (χ1v) is 15.0. The van der Waals surface area contributed by atoms with Crippen LogP contribution >= 0.6 is 0 Å². The number of nitrogens with zero attached hydrogens (tertiary/aromatic N) is 5. The number of sulfone groups is 1. The van der Waals surface area contributed by atoms with Gasteiger partial charge in [-0.25, -0.2) is 32.7 Å². The molecule has 0 radical (unpaired) electrons. The zero-order chi connectivity index (χ0) is 31.3. The molecule has 0 fully saturated rings. The van der Waals surface area contributed by atoms with E-state index in [1.165, 1.54) is 37.1 Å². The number of oxazole rings is 1. The Labute approximate surface area is 244 Å². The van der Waals surface area contributed by atoms with Crippen LogP contribution in [0.1, 0.15) is 42.4 Å². The summed E-state index contributed by atoms with van der Waals surface area (Å²) in [4.78, 5) is 16.5. The molecule has 5 rings (SSSR count). The number of methoxy groups -OCH3 is 1. The highest BCUT2D eigenvalue weighted by molar-refractivity contribution is 7.91. The molecule has 10 nitrogen and oxygen atoms in total. The van der Waals surface area contributed by atoms with Crippen LogP contribution in [0.15, 0.2) is 57.7 Å². The molecule has 0 bridgehead atoms. The van der Waals surface area contributed by atoms with Crippen LogP contribution in [0.25, 0.3) is 22.6 Å². The van der Waals surface area contributed by atoms with E-state index >= 15 is 4.39 Å². The normalized spacial score (nSPS) is 18.2. The molecule has 1 unspecified atom stereocenters. The van der Waals surface area contributed by atoms with E-state index in [2.05, 4.69) is 19.9 Å². The minimum Gasteiger partial charge on any atom is -0.467 e. The maximum absolute atomic E-state index is 15.1. The van der Waals surface area contributed by atoms with Crippen molar-refractivity contribution in [3.63, 3.8) is 0 Å². The fourth-order valence-corrected chi connectivity index (χ4v) is 6.43. The van der Waals surface area contributed by atoms with Crippen molar-refractivity contribution in [2.45, 2.75) is 44.5 Å². The molecule has 1 N–H and O–H groups in total. The molecular weight excluding hydrogens is 594 g/mol. The number of hydrogen-bond donors (Lipinski definition) is 1. The van der Waals surface area contributed by atoms with E-state index in [1.54, 1.807) is 13.0 Å². The minimum atomic E-state index is -4.68. The maximum atomic E-state index is 15.1. The molecule has 43 heavy (non-hydrogen) atoms. The summed E-state index contributed by atoms with van der Waals surface area (Å²) in [5.74, 6) is -0.270. The third-order valence-corrected chi connectivity index (χ3v) is 8.77. The van der Waals surface area contributed by atoms with Crippen molar-refractivity contribution >= 4 is 21.1 Å². The summed E-state index contributed by atoms with van der Waals surface area (Å²) in [6, 6.07) is 0.108. The van der Waals surface area contributed by atoms with Crippen molar-refractivity contribution in [1.82, 2.24) is 24.5 Å². The highest BCUT2D eigenvalue weighted by Gasteiger charge is 2.36. The summed E-state index contributed by atoms with van der Waals surface area (Å²) in [7, 11) is -2.38. The Kier molecular flexibility index (Phi) is 7.90. The quantitative estimate of drug-likeness (QED) is 0.361. The zero-order valence-corrected chi connectivity index (χ0v) is 24.3. The summed E-state index contributed by atoms with van der Waals surface area (Å²) in [5, 5.41) is 8.40. The topological polar surface area (TPSA) is 133 Å². The molecule has 1 atom stereocenters. The monoisotopic (exact) mass is 621 g/mol. The van der Waals surface area contributed by atoms with E-state index < -0.39 is 39.4 Å². The molecule has 2 aliphatic rings. The number of imidazole rings is 1. The van der Waals surface area contributed by atoms with Crippen LogP contribution < -0.4 is 4.74 Å². The Balaban J connectivity index is 1.73. The summed E-state index contributed by atoms with van der Waals surface area (Å²) >= 11 is 0. The molecule has 3 aromatic heterocycles. The second-order valence-electron chi connectivity index (χ2n) is 10.2. The average Bonchev–Trinajstić information content (AvgIpc) is 3.54. The standard InChI is InChI=1S/C28H27F4N5O5S/c1-14-35-24(28(30,31)32)12-37(14)22-6-5-16(17-8-21(29)20(13-38)23(9-17)43(4,39)40)7-19(22)25-26(42-15(2)36-25)18-10-33-27(41-3)34-11-18/h7-8,10-12,23,38H,5-6,9,13H2,1-4H3. The largest absolute Gasteiger partial charge is 0.467 e. The summed E-state index contributed by atoms with van der Waals surface area (Å²) in [6.07, 6.45) is 3.29. The van der Waals surface area contributed by atoms with Gasteiger partial charge >= 0.3 is 12.2 Å². The number of aliphatic hydroxyl groups excluding tert-OH is 1. The van der Waals surface area contributed by atoms with Crippen LogP contribution in [0.2, 0.25) is 0 Å². The molecule has 3 heterocycles. The molecular formula is C28H27F4N5O5S. The van der Waals surface area contributed by atoms with E-state index in [9.17, 15) is 26.7 Å². The first kappa shape index (κ1) is 30.4. The number of aromatic nitrogens is 5. The number of halogens is 4. The lowest BCUT2D eigenvalue weighted by atomic mass is 9.84. The fraction of sp³-hybridized carbons (Fsp3) is 0.357. The second kappa shape index (κ2) is 11.2. The first-order valence-electron chi connectivity index (χ1n) is 13.0. The predicted octanol–water partition coefficient (Wildman–Crippen LogP) is 5.02. The molecule has 228 valence electrons. The van der Waals surface area contributed by atoms with E-state index in [4.69, 9.17) is 9.15 Å². The van der Waals surface area contributed by atoms with Crippen LogP contribution in [0.3, 0.4) is 0 Å². The number of allylic oxidation sites excluding steroid dienone is 7. The van der Waals surface area contributed by atoms with Crippen molar-refractivity contribution in [1.29, 1.82) is 0 Å². The Hall–Kier alpha value is -4.11. The van der Waals surface area contributed by atoms with Gasteiger partial charge in [0.1, 0.15) is 17.3 Å². The first-order chi connectivity index (χ1) is 20.2. The van der Waals surface area contributed by atoms with Gasteiger partial charge in [0.25, 0.3) is 0 Å². The van der Waals surface area contributed by atoms with Crippen LogP contribution in [-0.2, 0) is 16.0 Å². The van der Waals surface area contributed by atoms with Gasteiger partial charge in [0, 0.05) is 48.6 Å². The smallest absolute Gasteiger partial charge is 0.434 e. The van der Waals surface area contributed by atoms with Gasteiger partial charge in [0.15, 0.2) is 27.2 Å². The highest BCUT2D eigenvalue weighted by atomic mass is 32.2. The summed E-state index contributed by atoms with van der Waals surface area (Å²) < 4.78 is 93.1. The zero-order valence-electron chi connectivity index (χ0n) is 23.5. The van der Waals surface area contributed by atoms with E-state index in [0.717, 1.165) is 12.5 Å². The molecule has 0 aliphatic heterocycles.